The lowest BCUT2D eigenvalue weighted by molar-refractivity contribution is -0.931. The van der Waals surface area contributed by atoms with Crippen LogP contribution in [-0.4, -0.2) is 40.9 Å². The number of hydrogen-bond donors (Lipinski definition) is 2. The van der Waals surface area contributed by atoms with E-state index in [1.54, 1.807) is 12.1 Å². The third-order valence-corrected chi connectivity index (χ3v) is 6.58. The fourth-order valence-corrected chi connectivity index (χ4v) is 5.00. The fourth-order valence-electron chi connectivity index (χ4n) is 5.00. The summed E-state index contributed by atoms with van der Waals surface area (Å²) in [6, 6.07) is 16.3. The highest BCUT2D eigenvalue weighted by atomic mass is 79.9. The number of aromatic hydroxyl groups is 2. The molecule has 4 rings (SSSR count). The SMILES string of the molecule is C[N+]1(C)[C@@H]2CC[C@H]1C[C@@H](C=C(c1cccc(O)c1)c1cccc(O)c1)C2.[Br-]. The third-order valence-electron chi connectivity index (χ3n) is 6.58. The molecule has 0 unspecified atom stereocenters. The zero-order valence-electron chi connectivity index (χ0n) is 16.0. The third kappa shape index (κ3) is 3.92. The number of nitrogens with zero attached hydrogens (tertiary/aromatic N) is 1. The molecule has 144 valence electrons. The van der Waals surface area contributed by atoms with Gasteiger partial charge in [0.05, 0.1) is 26.2 Å². The molecule has 27 heavy (non-hydrogen) atoms. The summed E-state index contributed by atoms with van der Waals surface area (Å²) in [7, 11) is 4.77. The van der Waals surface area contributed by atoms with Gasteiger partial charge in [-0.05, 0) is 46.9 Å². The first-order chi connectivity index (χ1) is 12.4. The first-order valence-electron chi connectivity index (χ1n) is 9.57. The van der Waals surface area contributed by atoms with Crippen LogP contribution in [-0.2, 0) is 0 Å². The molecule has 0 radical (unpaired) electrons. The minimum atomic E-state index is 0. The van der Waals surface area contributed by atoms with Crippen molar-refractivity contribution in [2.45, 2.75) is 37.8 Å². The highest BCUT2D eigenvalue weighted by Crippen LogP contribution is 2.44. The fraction of sp³-hybridized carbons (Fsp3) is 0.391. The Kier molecular flexibility index (Phi) is 5.68. The maximum absolute atomic E-state index is 9.95. The van der Waals surface area contributed by atoms with Gasteiger partial charge in [0.2, 0.25) is 0 Å². The van der Waals surface area contributed by atoms with E-state index in [9.17, 15) is 10.2 Å². The van der Waals surface area contributed by atoms with Crippen LogP contribution < -0.4 is 17.0 Å². The molecule has 3 atom stereocenters. The number of phenolic OH excluding ortho intramolecular Hbond substituents is 2. The Hall–Kier alpha value is -1.78. The van der Waals surface area contributed by atoms with Crippen molar-refractivity contribution in [2.75, 3.05) is 14.1 Å². The largest absolute Gasteiger partial charge is 1.00 e. The Balaban J connectivity index is 0.00000210. The predicted molar refractivity (Wildman–Crippen MR) is 105 cm³/mol. The van der Waals surface area contributed by atoms with Gasteiger partial charge in [-0.15, -0.1) is 0 Å². The van der Waals surface area contributed by atoms with Crippen LogP contribution in [0.3, 0.4) is 0 Å². The smallest absolute Gasteiger partial charge is 0.116 e. The Morgan fingerprint density at radius 3 is 1.81 bits per heavy atom. The molecule has 4 heteroatoms. The lowest BCUT2D eigenvalue weighted by Gasteiger charge is -2.44. The molecular weight excluding hydrogens is 402 g/mol. The second kappa shape index (κ2) is 7.69. The number of fused-ring (bicyclic) bond motifs is 2. The Morgan fingerprint density at radius 1 is 0.889 bits per heavy atom. The van der Waals surface area contributed by atoms with Gasteiger partial charge in [0.15, 0.2) is 0 Å². The summed E-state index contributed by atoms with van der Waals surface area (Å²) in [4.78, 5) is 0. The summed E-state index contributed by atoms with van der Waals surface area (Å²) in [5, 5.41) is 19.9. The zero-order chi connectivity index (χ0) is 18.3. The molecule has 2 N–H and O–H groups in total. The maximum atomic E-state index is 9.95. The molecule has 0 spiro atoms. The topological polar surface area (TPSA) is 40.5 Å². The lowest BCUT2D eigenvalue weighted by atomic mass is 9.85. The number of rotatable bonds is 3. The first kappa shape index (κ1) is 20.0. The van der Waals surface area contributed by atoms with E-state index in [0.29, 0.717) is 5.92 Å². The average molecular weight is 430 g/mol. The van der Waals surface area contributed by atoms with Gasteiger partial charge in [0.1, 0.15) is 11.5 Å². The second-order valence-electron chi connectivity index (χ2n) is 8.43. The standard InChI is InChI=1S/C23H27NO2.BrH/c1-24(2)19-9-10-20(24)12-16(11-19)13-23(17-5-3-7-21(25)14-17)18-6-4-8-22(26)15-18;/h3-8,13-16,19-20H,9-12H2,1-2H3,(H-,25,26);1H/t16-,19+,20-;. The van der Waals surface area contributed by atoms with Crippen molar-refractivity contribution in [1.29, 1.82) is 0 Å². The quantitative estimate of drug-likeness (QED) is 0.726. The molecule has 2 saturated heterocycles. The van der Waals surface area contributed by atoms with Gasteiger partial charge in [0.25, 0.3) is 0 Å². The number of halogens is 1. The van der Waals surface area contributed by atoms with Crippen LogP contribution >= 0.6 is 0 Å². The van der Waals surface area contributed by atoms with Gasteiger partial charge in [-0.1, -0.05) is 30.3 Å². The van der Waals surface area contributed by atoms with Gasteiger partial charge in [-0.3, -0.25) is 0 Å². The molecule has 2 aliphatic rings. The van der Waals surface area contributed by atoms with Gasteiger partial charge in [-0.25, -0.2) is 0 Å². The van der Waals surface area contributed by atoms with E-state index in [1.165, 1.54) is 25.7 Å². The highest BCUT2D eigenvalue weighted by molar-refractivity contribution is 5.81. The van der Waals surface area contributed by atoms with Gasteiger partial charge in [0, 0.05) is 25.7 Å². The first-order valence-corrected chi connectivity index (χ1v) is 9.57. The van der Waals surface area contributed by atoms with Crippen molar-refractivity contribution in [3.8, 4) is 11.5 Å². The van der Waals surface area contributed by atoms with Crippen molar-refractivity contribution < 1.29 is 31.7 Å². The van der Waals surface area contributed by atoms with E-state index in [0.717, 1.165) is 33.3 Å². The van der Waals surface area contributed by atoms with Crippen molar-refractivity contribution in [2.24, 2.45) is 5.92 Å². The van der Waals surface area contributed by atoms with Crippen LogP contribution in [0.5, 0.6) is 11.5 Å². The summed E-state index contributed by atoms with van der Waals surface area (Å²) in [5.41, 5.74) is 3.11. The summed E-state index contributed by atoms with van der Waals surface area (Å²) in [6.07, 6.45) is 7.47. The van der Waals surface area contributed by atoms with E-state index in [-0.39, 0.29) is 28.5 Å². The molecule has 3 nitrogen and oxygen atoms in total. The normalized spacial score (nSPS) is 25.5. The number of quaternary nitrogens is 1. The van der Waals surface area contributed by atoms with Crippen molar-refractivity contribution >= 4 is 5.57 Å². The molecule has 0 aliphatic carbocycles. The number of allylic oxidation sites excluding steroid dienone is 1. The van der Waals surface area contributed by atoms with Crippen molar-refractivity contribution in [1.82, 2.24) is 0 Å². The van der Waals surface area contributed by atoms with Crippen LogP contribution in [0.1, 0.15) is 36.8 Å². The van der Waals surface area contributed by atoms with Crippen LogP contribution in [0.2, 0.25) is 0 Å². The molecule has 2 aliphatic heterocycles. The van der Waals surface area contributed by atoms with E-state index in [4.69, 9.17) is 0 Å². The zero-order valence-corrected chi connectivity index (χ0v) is 17.6. The highest BCUT2D eigenvalue weighted by Gasteiger charge is 2.48. The number of piperidine rings is 1. The number of benzene rings is 2. The molecule has 2 bridgehead atoms. The molecule has 0 aromatic heterocycles. The molecule has 2 aromatic carbocycles. The van der Waals surface area contributed by atoms with E-state index in [1.807, 2.05) is 36.4 Å². The molecule has 0 amide bonds. The van der Waals surface area contributed by atoms with Crippen LogP contribution in [0.15, 0.2) is 54.6 Å². The van der Waals surface area contributed by atoms with E-state index >= 15 is 0 Å². The summed E-state index contributed by atoms with van der Waals surface area (Å²) >= 11 is 0. The minimum absolute atomic E-state index is 0. The lowest BCUT2D eigenvalue weighted by Crippen LogP contribution is -3.00. The Labute approximate surface area is 172 Å². The predicted octanol–water partition coefficient (Wildman–Crippen LogP) is 1.55. The van der Waals surface area contributed by atoms with E-state index < -0.39 is 0 Å². The summed E-state index contributed by atoms with van der Waals surface area (Å²) in [5.74, 6) is 1.09. The molecule has 0 saturated carbocycles. The van der Waals surface area contributed by atoms with Gasteiger partial charge >= 0.3 is 0 Å². The van der Waals surface area contributed by atoms with E-state index in [2.05, 4.69) is 20.2 Å². The van der Waals surface area contributed by atoms with Gasteiger partial charge < -0.3 is 31.7 Å². The summed E-state index contributed by atoms with van der Waals surface area (Å²) in [6.45, 7) is 0. The summed E-state index contributed by atoms with van der Waals surface area (Å²) < 4.78 is 1.16. The average Bonchev–Trinajstić information content (AvgIpc) is 2.77. The molecule has 2 aromatic rings. The van der Waals surface area contributed by atoms with Crippen molar-refractivity contribution in [3.05, 3.63) is 65.7 Å². The molecule has 2 heterocycles. The number of phenols is 2. The van der Waals surface area contributed by atoms with Crippen LogP contribution in [0.25, 0.3) is 5.57 Å². The minimum Gasteiger partial charge on any atom is -1.00 e. The Bertz CT molecular complexity index is 782. The monoisotopic (exact) mass is 429 g/mol. The van der Waals surface area contributed by atoms with Crippen LogP contribution in [0, 0.1) is 5.92 Å². The number of hydrogen-bond acceptors (Lipinski definition) is 2. The maximum Gasteiger partial charge on any atom is 0.116 e. The second-order valence-corrected chi connectivity index (χ2v) is 8.43. The van der Waals surface area contributed by atoms with Crippen LogP contribution in [0.4, 0.5) is 0 Å². The Morgan fingerprint density at radius 2 is 1.37 bits per heavy atom. The van der Waals surface area contributed by atoms with Crippen molar-refractivity contribution in [3.63, 3.8) is 0 Å². The molecule has 2 fully saturated rings. The van der Waals surface area contributed by atoms with Gasteiger partial charge in [-0.2, -0.15) is 0 Å². The molecular formula is C23H28BrNO2.